The number of likely N-dealkylation sites (tertiary alicyclic amines) is 1. The Bertz CT molecular complexity index is 1220. The number of hydrogen-bond acceptors (Lipinski definition) is 3. The quantitative estimate of drug-likeness (QED) is 0.359. The molecular weight excluding hydrogens is 432 g/mol. The molecule has 0 unspecified atom stereocenters. The van der Waals surface area contributed by atoms with Crippen molar-refractivity contribution in [3.8, 4) is 17.1 Å². The van der Waals surface area contributed by atoms with Crippen LogP contribution in [0.5, 0.6) is 5.88 Å². The van der Waals surface area contributed by atoms with Gasteiger partial charge >= 0.3 is 0 Å². The van der Waals surface area contributed by atoms with E-state index in [1.165, 1.54) is 12.8 Å². The lowest BCUT2D eigenvalue weighted by Gasteiger charge is -2.10. The van der Waals surface area contributed by atoms with Gasteiger partial charge in [-0.25, -0.2) is 0 Å². The average Bonchev–Trinajstić information content (AvgIpc) is 3.42. The predicted octanol–water partition coefficient (Wildman–Crippen LogP) is 5.29. The van der Waals surface area contributed by atoms with E-state index in [1.54, 1.807) is 0 Å². The fourth-order valence-electron chi connectivity index (χ4n) is 4.33. The minimum Gasteiger partial charge on any atom is -0.494 e. The monoisotopic (exact) mass is 453 g/mol. The van der Waals surface area contributed by atoms with Crippen LogP contribution < -0.4 is 0 Å². The van der Waals surface area contributed by atoms with E-state index in [1.807, 2.05) is 42.5 Å². The molecule has 1 aliphatic heterocycles. The zero-order valence-corrected chi connectivity index (χ0v) is 17.5. The van der Waals surface area contributed by atoms with Crippen molar-refractivity contribution in [2.75, 3.05) is 26.2 Å². The van der Waals surface area contributed by atoms with Crippen LogP contribution in [0, 0.1) is 4.91 Å². The molecule has 0 bridgehead atoms. The second-order valence-electron chi connectivity index (χ2n) is 7.58. The Morgan fingerprint density at radius 3 is 2.66 bits per heavy atom. The molecule has 2 aromatic carbocycles. The Labute approximate surface area is 176 Å². The normalized spacial score (nSPS) is 14.9. The number of fused-ring (bicyclic) bond motifs is 2. The Balaban J connectivity index is 1.63. The highest BCUT2D eigenvalue weighted by atomic mass is 79.9. The Hall–Kier alpha value is -2.64. The number of nitrogens with zero attached hydrogens (tertiary/aromatic N) is 2. The molecule has 6 nitrogen and oxygen atoms in total. The summed E-state index contributed by atoms with van der Waals surface area (Å²) in [7, 11) is 0. The summed E-state index contributed by atoms with van der Waals surface area (Å²) in [5.74, 6) is 0.0545. The number of benzene rings is 2. The largest absolute Gasteiger partial charge is 0.494 e. The van der Waals surface area contributed by atoms with E-state index < -0.39 is 0 Å². The van der Waals surface area contributed by atoms with Crippen LogP contribution in [-0.2, 0) is 0 Å². The van der Waals surface area contributed by atoms with Gasteiger partial charge in [0, 0.05) is 19.5 Å². The average molecular weight is 454 g/mol. The number of hydrogen-bond donors (Lipinski definition) is 3. The first kappa shape index (κ1) is 18.4. The molecular formula is C22H22BrN4O2+. The predicted molar refractivity (Wildman–Crippen MR) is 119 cm³/mol. The van der Waals surface area contributed by atoms with Crippen LogP contribution in [0.1, 0.15) is 12.8 Å². The van der Waals surface area contributed by atoms with Crippen LogP contribution in [0.25, 0.3) is 33.1 Å². The molecule has 5 rings (SSSR count). The second kappa shape index (κ2) is 7.31. The lowest BCUT2D eigenvalue weighted by molar-refractivity contribution is -0.461. The highest BCUT2D eigenvalue weighted by molar-refractivity contribution is 9.10. The van der Waals surface area contributed by atoms with E-state index in [0.29, 0.717) is 23.5 Å². The lowest BCUT2D eigenvalue weighted by Crippen LogP contribution is -2.26. The summed E-state index contributed by atoms with van der Waals surface area (Å²) in [6.45, 7) is 3.26. The van der Waals surface area contributed by atoms with Crippen LogP contribution in [0.15, 0.2) is 46.9 Å². The summed E-state index contributed by atoms with van der Waals surface area (Å²) in [5, 5.41) is 12.4. The van der Waals surface area contributed by atoms with Gasteiger partial charge < -0.3 is 15.1 Å². The molecule has 1 fully saturated rings. The molecule has 0 saturated carbocycles. The van der Waals surface area contributed by atoms with Crippen molar-refractivity contribution in [3.05, 3.63) is 51.8 Å². The summed E-state index contributed by atoms with van der Waals surface area (Å²) in [6.07, 6.45) is 2.41. The molecule has 1 saturated heterocycles. The van der Waals surface area contributed by atoms with Gasteiger partial charge in [0.15, 0.2) is 5.88 Å². The topological polar surface area (TPSA) is 75.1 Å². The Kier molecular flexibility index (Phi) is 4.64. The highest BCUT2D eigenvalue weighted by Gasteiger charge is 2.30. The van der Waals surface area contributed by atoms with Crippen LogP contribution >= 0.6 is 15.9 Å². The Morgan fingerprint density at radius 1 is 1.03 bits per heavy atom. The molecule has 3 N–H and O–H groups in total. The maximum Gasteiger partial charge on any atom is 0.289 e. The molecule has 3 heterocycles. The van der Waals surface area contributed by atoms with Crippen molar-refractivity contribution in [1.82, 2.24) is 14.9 Å². The molecule has 2 aromatic heterocycles. The van der Waals surface area contributed by atoms with Gasteiger partial charge in [0.05, 0.1) is 28.5 Å². The van der Waals surface area contributed by atoms with E-state index in [0.717, 1.165) is 50.7 Å². The van der Waals surface area contributed by atoms with Gasteiger partial charge in [-0.1, -0.05) is 34.1 Å². The van der Waals surface area contributed by atoms with E-state index in [-0.39, 0.29) is 5.88 Å². The summed E-state index contributed by atoms with van der Waals surface area (Å²) in [4.78, 5) is 22.0. The van der Waals surface area contributed by atoms with Crippen molar-refractivity contribution >= 4 is 43.4 Å². The van der Waals surface area contributed by atoms with Crippen molar-refractivity contribution in [3.63, 3.8) is 0 Å². The van der Waals surface area contributed by atoms with E-state index >= 15 is 0 Å². The van der Waals surface area contributed by atoms with Gasteiger partial charge in [-0.05, 0) is 50.2 Å². The molecule has 4 aromatic rings. The molecule has 0 atom stereocenters. The molecule has 29 heavy (non-hydrogen) atoms. The first-order chi connectivity index (χ1) is 14.1. The van der Waals surface area contributed by atoms with Crippen molar-refractivity contribution in [2.24, 2.45) is 0 Å². The zero-order valence-electron chi connectivity index (χ0n) is 15.9. The third-order valence-electron chi connectivity index (χ3n) is 5.74. The minimum absolute atomic E-state index is 0.0545. The van der Waals surface area contributed by atoms with Crippen LogP contribution in [-0.4, -0.2) is 50.9 Å². The summed E-state index contributed by atoms with van der Waals surface area (Å²) in [6, 6.07) is 13.6. The van der Waals surface area contributed by atoms with Gasteiger partial charge in [-0.2, -0.15) is 0 Å². The number of H-pyrrole nitrogens is 2. The fourth-order valence-corrected chi connectivity index (χ4v) is 4.69. The number of para-hydroxylation sites is 1. The number of nitrogens with one attached hydrogen (secondary N) is 2. The first-order valence-electron chi connectivity index (χ1n) is 9.90. The number of aromatic hydroxyl groups is 1. The number of nitroso groups, excluding NO2 is 1. The number of rotatable bonds is 5. The van der Waals surface area contributed by atoms with Crippen molar-refractivity contribution < 1.29 is 9.87 Å². The Morgan fingerprint density at radius 2 is 1.83 bits per heavy atom. The standard InChI is InChI=1S/C22H21BrN4O2/c23-14-7-8-15-18(13-14)25-22(28)19(15)20-21(16-5-1-2-6-17(16)24-20)27(29)12-11-26-9-3-4-10-26/h1-2,5-8,13H,3-4,9-12H2,(H2-,24,25,28,29)/p+1. The first-order valence-corrected chi connectivity index (χ1v) is 10.7. The third-order valence-corrected chi connectivity index (χ3v) is 6.23. The zero-order chi connectivity index (χ0) is 20.0. The smallest absolute Gasteiger partial charge is 0.289 e. The van der Waals surface area contributed by atoms with E-state index in [9.17, 15) is 10.0 Å². The molecule has 148 valence electrons. The summed E-state index contributed by atoms with van der Waals surface area (Å²) < 4.78 is 2.00. The second-order valence-corrected chi connectivity index (χ2v) is 8.50. The van der Waals surface area contributed by atoms with Gasteiger partial charge in [0.1, 0.15) is 5.69 Å². The summed E-state index contributed by atoms with van der Waals surface area (Å²) in [5.41, 5.74) is 3.55. The van der Waals surface area contributed by atoms with Gasteiger partial charge in [-0.15, -0.1) is 0 Å². The fraction of sp³-hybridized carbons (Fsp3) is 0.273. The molecule has 0 amide bonds. The van der Waals surface area contributed by atoms with Crippen LogP contribution in [0.2, 0.25) is 0 Å². The molecule has 0 radical (unpaired) electrons. The molecule has 0 aliphatic carbocycles. The van der Waals surface area contributed by atoms with Gasteiger partial charge in [0.2, 0.25) is 6.54 Å². The SMILES string of the molecule is O=[N+](CCN1CCCC1)c1c(-c2c(O)[nH]c3cc(Br)ccc23)[nH]c2ccccc12. The summed E-state index contributed by atoms with van der Waals surface area (Å²) >= 11 is 3.47. The number of halogens is 1. The van der Waals surface area contributed by atoms with Gasteiger partial charge in [-0.3, -0.25) is 4.90 Å². The maximum absolute atomic E-state index is 13.3. The number of aromatic nitrogens is 2. The molecule has 7 heteroatoms. The van der Waals surface area contributed by atoms with E-state index in [4.69, 9.17) is 0 Å². The van der Waals surface area contributed by atoms with Gasteiger partial charge in [0.25, 0.3) is 5.69 Å². The number of aromatic amines is 2. The van der Waals surface area contributed by atoms with Crippen LogP contribution in [0.4, 0.5) is 5.69 Å². The lowest BCUT2D eigenvalue weighted by atomic mass is 10.1. The van der Waals surface area contributed by atoms with Crippen molar-refractivity contribution in [1.29, 1.82) is 0 Å². The third kappa shape index (κ3) is 3.24. The maximum atomic E-state index is 13.3. The highest BCUT2D eigenvalue weighted by Crippen LogP contribution is 2.44. The van der Waals surface area contributed by atoms with Crippen LogP contribution in [0.3, 0.4) is 0 Å². The van der Waals surface area contributed by atoms with E-state index in [2.05, 4.69) is 30.8 Å². The minimum atomic E-state index is 0.0545. The molecule has 1 aliphatic rings. The molecule has 0 spiro atoms. The van der Waals surface area contributed by atoms with Crippen molar-refractivity contribution in [2.45, 2.75) is 12.8 Å².